The van der Waals surface area contributed by atoms with Crippen molar-refractivity contribution in [3.8, 4) is 0 Å². The topological polar surface area (TPSA) is 21.7 Å². The average molecular weight is 438 g/mol. The summed E-state index contributed by atoms with van der Waals surface area (Å²) in [5.41, 5.74) is 1.87. The molecular weight excluding hydrogens is 408 g/mol. The molecular formula is C27H29F2NO2. The summed E-state index contributed by atoms with van der Waals surface area (Å²) in [6, 6.07) is 13.1. The number of hydrogen-bond donors (Lipinski definition) is 0. The van der Waals surface area contributed by atoms with Gasteiger partial charge in [0.2, 0.25) is 0 Å². The van der Waals surface area contributed by atoms with Crippen molar-refractivity contribution in [3.63, 3.8) is 0 Å². The van der Waals surface area contributed by atoms with Crippen LogP contribution < -0.4 is 0 Å². The zero-order valence-corrected chi connectivity index (χ0v) is 18.2. The molecule has 2 aromatic rings. The molecule has 0 saturated carbocycles. The van der Waals surface area contributed by atoms with Crippen LogP contribution in [0.3, 0.4) is 0 Å². The maximum Gasteiger partial charge on any atom is 0.157 e. The van der Waals surface area contributed by atoms with Crippen molar-refractivity contribution < 1.29 is 18.3 Å². The number of likely N-dealkylation sites (tertiary alicyclic amines) is 1. The minimum absolute atomic E-state index is 0.185. The van der Waals surface area contributed by atoms with Crippen LogP contribution in [0.15, 0.2) is 72.2 Å². The molecule has 5 rings (SSSR count). The summed E-state index contributed by atoms with van der Waals surface area (Å²) in [5, 5.41) is 0. The first-order valence-corrected chi connectivity index (χ1v) is 11.6. The molecule has 168 valence electrons. The van der Waals surface area contributed by atoms with E-state index in [-0.39, 0.29) is 29.8 Å². The van der Waals surface area contributed by atoms with Gasteiger partial charge in [0.15, 0.2) is 5.76 Å². The van der Waals surface area contributed by atoms with Crippen LogP contribution in [-0.4, -0.2) is 36.7 Å². The zero-order chi connectivity index (χ0) is 21.9. The molecule has 3 nitrogen and oxygen atoms in total. The molecule has 2 atom stereocenters. The summed E-state index contributed by atoms with van der Waals surface area (Å²) in [6.07, 6.45) is 9.06. The Hall–Kier alpha value is -2.66. The molecule has 0 spiro atoms. The van der Waals surface area contributed by atoms with E-state index in [9.17, 15) is 8.78 Å². The number of halogens is 2. The SMILES string of the molecule is Fc1ccc(C(c2ccc(F)cc2)C2OC3=C(C=CCC3)OC2CN2CCCCC2)cc1. The Morgan fingerprint density at radius 1 is 0.844 bits per heavy atom. The third-order valence-corrected chi connectivity index (χ3v) is 6.68. The van der Waals surface area contributed by atoms with E-state index in [1.807, 2.05) is 6.08 Å². The Morgan fingerprint density at radius 3 is 2.09 bits per heavy atom. The smallest absolute Gasteiger partial charge is 0.157 e. The van der Waals surface area contributed by atoms with Gasteiger partial charge in [-0.1, -0.05) is 36.8 Å². The highest BCUT2D eigenvalue weighted by Gasteiger charge is 2.41. The molecule has 2 aromatic carbocycles. The molecule has 0 radical (unpaired) electrons. The van der Waals surface area contributed by atoms with Gasteiger partial charge in [-0.25, -0.2) is 8.78 Å². The predicted molar refractivity (Wildman–Crippen MR) is 120 cm³/mol. The molecule has 0 bridgehead atoms. The molecule has 2 unspecified atom stereocenters. The normalized spacial score (nSPS) is 23.6. The quantitative estimate of drug-likeness (QED) is 0.579. The van der Waals surface area contributed by atoms with Gasteiger partial charge in [-0.2, -0.15) is 0 Å². The molecule has 2 aliphatic heterocycles. The Morgan fingerprint density at radius 2 is 1.47 bits per heavy atom. The number of allylic oxidation sites excluding steroid dienone is 3. The lowest BCUT2D eigenvalue weighted by molar-refractivity contribution is -0.0821. The molecule has 1 saturated heterocycles. The molecule has 32 heavy (non-hydrogen) atoms. The fourth-order valence-electron chi connectivity index (χ4n) is 5.05. The van der Waals surface area contributed by atoms with Crippen molar-refractivity contribution in [1.29, 1.82) is 0 Å². The number of hydrogen-bond acceptors (Lipinski definition) is 3. The Kier molecular flexibility index (Phi) is 6.26. The summed E-state index contributed by atoms with van der Waals surface area (Å²) in [7, 11) is 0. The molecule has 1 fully saturated rings. The van der Waals surface area contributed by atoms with Gasteiger partial charge >= 0.3 is 0 Å². The highest BCUT2D eigenvalue weighted by Crippen LogP contribution is 2.40. The fourth-order valence-corrected chi connectivity index (χ4v) is 5.05. The van der Waals surface area contributed by atoms with Crippen LogP contribution in [0.4, 0.5) is 8.78 Å². The van der Waals surface area contributed by atoms with E-state index in [0.717, 1.165) is 55.1 Å². The summed E-state index contributed by atoms with van der Waals surface area (Å²) in [5.74, 6) is 0.943. The van der Waals surface area contributed by atoms with E-state index in [4.69, 9.17) is 9.47 Å². The average Bonchev–Trinajstić information content (AvgIpc) is 2.82. The second kappa shape index (κ2) is 9.45. The van der Waals surface area contributed by atoms with Crippen molar-refractivity contribution in [1.82, 2.24) is 4.90 Å². The van der Waals surface area contributed by atoms with Gasteiger partial charge in [-0.3, -0.25) is 4.90 Å². The van der Waals surface area contributed by atoms with Crippen LogP contribution in [0.5, 0.6) is 0 Å². The Bertz CT molecular complexity index is 932. The van der Waals surface area contributed by atoms with Crippen molar-refractivity contribution in [2.75, 3.05) is 19.6 Å². The maximum absolute atomic E-state index is 13.7. The molecule has 0 amide bonds. The molecule has 1 aliphatic carbocycles. The lowest BCUT2D eigenvalue weighted by atomic mass is 9.83. The van der Waals surface area contributed by atoms with Crippen LogP contribution >= 0.6 is 0 Å². The van der Waals surface area contributed by atoms with Gasteiger partial charge in [0.05, 0.1) is 0 Å². The number of nitrogens with zero attached hydrogens (tertiary/aromatic N) is 1. The summed E-state index contributed by atoms with van der Waals surface area (Å²) < 4.78 is 40.7. The number of piperidine rings is 1. The van der Waals surface area contributed by atoms with Gasteiger partial charge in [0.1, 0.15) is 29.6 Å². The van der Waals surface area contributed by atoms with E-state index in [0.29, 0.717) is 0 Å². The number of benzene rings is 2. The highest BCUT2D eigenvalue weighted by atomic mass is 19.1. The molecule has 0 aromatic heterocycles. The van der Waals surface area contributed by atoms with Crippen LogP contribution in [0.25, 0.3) is 0 Å². The highest BCUT2D eigenvalue weighted by molar-refractivity contribution is 5.36. The van der Waals surface area contributed by atoms with Crippen LogP contribution in [0.1, 0.15) is 49.1 Å². The van der Waals surface area contributed by atoms with E-state index in [2.05, 4.69) is 11.0 Å². The molecule has 5 heteroatoms. The van der Waals surface area contributed by atoms with Crippen LogP contribution in [-0.2, 0) is 9.47 Å². The zero-order valence-electron chi connectivity index (χ0n) is 18.2. The van der Waals surface area contributed by atoms with E-state index < -0.39 is 0 Å². The third-order valence-electron chi connectivity index (χ3n) is 6.68. The standard InChI is InChI=1S/C27H29F2NO2/c28-21-12-8-19(9-13-21)26(20-10-14-22(29)15-11-20)27-25(18-30-16-4-1-5-17-30)31-23-6-2-3-7-24(23)32-27/h2,6,8-15,25-27H,1,3-5,7,16-18H2. The first kappa shape index (κ1) is 21.2. The number of rotatable bonds is 5. The summed E-state index contributed by atoms with van der Waals surface area (Å²) >= 11 is 0. The lowest BCUT2D eigenvalue weighted by Gasteiger charge is -2.42. The summed E-state index contributed by atoms with van der Waals surface area (Å²) in [4.78, 5) is 2.45. The first-order chi connectivity index (χ1) is 15.7. The Labute approximate surface area is 188 Å². The minimum atomic E-state index is -0.293. The monoisotopic (exact) mass is 437 g/mol. The van der Waals surface area contributed by atoms with Gasteiger partial charge in [0, 0.05) is 18.9 Å². The molecule has 2 heterocycles. The first-order valence-electron chi connectivity index (χ1n) is 11.6. The lowest BCUT2D eigenvalue weighted by Crippen LogP contribution is -2.48. The predicted octanol–water partition coefficient (Wildman–Crippen LogP) is 5.93. The second-order valence-electron chi connectivity index (χ2n) is 8.91. The largest absolute Gasteiger partial charge is 0.486 e. The van der Waals surface area contributed by atoms with E-state index in [1.54, 1.807) is 24.3 Å². The number of ether oxygens (including phenoxy) is 2. The Balaban J connectivity index is 1.53. The van der Waals surface area contributed by atoms with Crippen molar-refractivity contribution in [2.45, 2.75) is 50.2 Å². The fraction of sp³-hybridized carbons (Fsp3) is 0.407. The van der Waals surface area contributed by atoms with Crippen LogP contribution in [0.2, 0.25) is 0 Å². The van der Waals surface area contributed by atoms with E-state index >= 15 is 0 Å². The van der Waals surface area contributed by atoms with Gasteiger partial charge < -0.3 is 9.47 Å². The maximum atomic E-state index is 13.7. The van der Waals surface area contributed by atoms with Gasteiger partial charge in [0.25, 0.3) is 0 Å². The summed E-state index contributed by atoms with van der Waals surface area (Å²) in [6.45, 7) is 2.90. The van der Waals surface area contributed by atoms with E-state index in [1.165, 1.54) is 43.5 Å². The molecule has 3 aliphatic rings. The van der Waals surface area contributed by atoms with Gasteiger partial charge in [-0.05, 0) is 73.8 Å². The van der Waals surface area contributed by atoms with Crippen molar-refractivity contribution >= 4 is 0 Å². The molecule has 0 N–H and O–H groups in total. The van der Waals surface area contributed by atoms with Gasteiger partial charge in [-0.15, -0.1) is 0 Å². The minimum Gasteiger partial charge on any atom is -0.486 e. The third kappa shape index (κ3) is 4.58. The van der Waals surface area contributed by atoms with Crippen LogP contribution in [0, 0.1) is 11.6 Å². The van der Waals surface area contributed by atoms with Crippen molar-refractivity contribution in [3.05, 3.63) is 95.0 Å². The van der Waals surface area contributed by atoms with Crippen molar-refractivity contribution in [2.24, 2.45) is 0 Å². The second-order valence-corrected chi connectivity index (χ2v) is 8.91.